The van der Waals surface area contributed by atoms with Crippen molar-refractivity contribution in [1.82, 2.24) is 0 Å². The van der Waals surface area contributed by atoms with Crippen molar-refractivity contribution in [3.05, 3.63) is 72.8 Å². The van der Waals surface area contributed by atoms with Crippen LogP contribution in [0.15, 0.2) is 72.8 Å². The van der Waals surface area contributed by atoms with Gasteiger partial charge in [-0.3, -0.25) is 0 Å². The molecule has 0 amide bonds. The molecule has 4 aromatic carbocycles. The Morgan fingerprint density at radius 1 is 0.472 bits per heavy atom. The van der Waals surface area contributed by atoms with Crippen LogP contribution < -0.4 is 8.37 Å². The highest BCUT2D eigenvalue weighted by Crippen LogP contribution is 2.42. The Morgan fingerprint density at radius 2 is 0.778 bits per heavy atom. The first-order valence-corrected chi connectivity index (χ1v) is 12.5. The number of fused-ring (bicyclic) bond motifs is 2. The first-order valence-electron chi connectivity index (χ1n) is 9.68. The smallest absolute Gasteiger partial charge is 0.375 e. The summed E-state index contributed by atoms with van der Waals surface area (Å²) in [5.41, 5.74) is -10.6. The Hall–Kier alpha value is -3.52. The van der Waals surface area contributed by atoms with Crippen molar-refractivity contribution in [3.63, 3.8) is 0 Å². The minimum absolute atomic E-state index is 0.00637. The van der Waals surface area contributed by atoms with E-state index in [0.717, 1.165) is 12.1 Å². The number of rotatable bonds is 5. The number of hydrogen-bond donors (Lipinski definition) is 0. The molecule has 0 aliphatic rings. The number of alkyl halides is 6. The fourth-order valence-corrected chi connectivity index (χ4v) is 4.44. The highest BCUT2D eigenvalue weighted by Gasteiger charge is 2.49. The van der Waals surface area contributed by atoms with Gasteiger partial charge in [0.25, 0.3) is 0 Å². The van der Waals surface area contributed by atoms with E-state index in [1.807, 2.05) is 0 Å². The lowest BCUT2D eigenvalue weighted by Crippen LogP contribution is -2.28. The third-order valence-electron chi connectivity index (χ3n) is 5.02. The van der Waals surface area contributed by atoms with Crippen LogP contribution in [0, 0.1) is 0 Å². The maximum absolute atomic E-state index is 12.8. The van der Waals surface area contributed by atoms with Crippen molar-refractivity contribution in [2.75, 3.05) is 0 Å². The Bertz CT molecular complexity index is 1570. The fourth-order valence-electron chi connectivity index (χ4n) is 3.49. The molecule has 0 unspecified atom stereocenters. The number of hydrogen-bond acceptors (Lipinski definition) is 6. The molecule has 14 heteroatoms. The van der Waals surface area contributed by atoms with Crippen LogP contribution >= 0.6 is 0 Å². The quantitative estimate of drug-likeness (QED) is 0.169. The van der Waals surface area contributed by atoms with Crippen LogP contribution in [0.2, 0.25) is 0 Å². The fraction of sp³-hybridized carbons (Fsp3) is 0.0909. The monoisotopic (exact) mass is 550 g/mol. The summed E-state index contributed by atoms with van der Waals surface area (Å²) in [7, 11) is -11.9. The first kappa shape index (κ1) is 25.6. The average Bonchev–Trinajstić information content (AvgIpc) is 2.78. The maximum atomic E-state index is 12.8. The molecule has 0 saturated heterocycles. The van der Waals surface area contributed by atoms with E-state index in [0.29, 0.717) is 11.1 Å². The topological polar surface area (TPSA) is 86.7 Å². The van der Waals surface area contributed by atoms with E-state index < -0.39 is 42.8 Å². The molecule has 0 saturated carbocycles. The van der Waals surface area contributed by atoms with Crippen molar-refractivity contribution < 1.29 is 51.5 Å². The highest BCUT2D eigenvalue weighted by molar-refractivity contribution is 7.88. The van der Waals surface area contributed by atoms with Gasteiger partial charge >= 0.3 is 31.3 Å². The van der Waals surface area contributed by atoms with Crippen molar-refractivity contribution in [2.24, 2.45) is 0 Å². The van der Waals surface area contributed by atoms with Crippen LogP contribution in [0.25, 0.3) is 32.7 Å². The van der Waals surface area contributed by atoms with Gasteiger partial charge in [-0.15, -0.1) is 0 Å². The summed E-state index contributed by atoms with van der Waals surface area (Å²) in [5.74, 6) is -1.18. The highest BCUT2D eigenvalue weighted by atomic mass is 32.2. The maximum Gasteiger partial charge on any atom is 0.534 e. The lowest BCUT2D eigenvalue weighted by atomic mass is 9.93. The van der Waals surface area contributed by atoms with Crippen LogP contribution in [0.5, 0.6) is 11.5 Å². The van der Waals surface area contributed by atoms with Crippen LogP contribution in [-0.2, 0) is 20.2 Å². The molecule has 0 aromatic heterocycles. The van der Waals surface area contributed by atoms with E-state index in [9.17, 15) is 43.2 Å². The molecule has 0 fully saturated rings. The second kappa shape index (κ2) is 8.55. The van der Waals surface area contributed by atoms with Gasteiger partial charge in [0.15, 0.2) is 11.5 Å². The van der Waals surface area contributed by atoms with E-state index in [1.165, 1.54) is 60.7 Å². The third-order valence-corrected chi connectivity index (χ3v) is 6.96. The molecule has 0 heterocycles. The van der Waals surface area contributed by atoms with E-state index >= 15 is 0 Å². The van der Waals surface area contributed by atoms with E-state index in [4.69, 9.17) is 0 Å². The molecule has 4 rings (SSSR count). The van der Waals surface area contributed by atoms with Gasteiger partial charge in [0.1, 0.15) is 0 Å². The second-order valence-electron chi connectivity index (χ2n) is 7.28. The molecule has 0 spiro atoms. The zero-order valence-corrected chi connectivity index (χ0v) is 19.1. The van der Waals surface area contributed by atoms with Crippen molar-refractivity contribution in [3.8, 4) is 22.6 Å². The summed E-state index contributed by atoms with van der Waals surface area (Å²) in [5, 5.41) is 0.530. The molecule has 36 heavy (non-hydrogen) atoms. The molecular weight excluding hydrogens is 538 g/mol. The van der Waals surface area contributed by atoms with Gasteiger partial charge < -0.3 is 8.37 Å². The predicted octanol–water partition coefficient (Wildman–Crippen LogP) is 6.12. The lowest BCUT2D eigenvalue weighted by Gasteiger charge is -2.16. The van der Waals surface area contributed by atoms with Crippen molar-refractivity contribution in [1.29, 1.82) is 0 Å². The minimum atomic E-state index is -5.95. The normalized spacial score (nSPS) is 13.2. The minimum Gasteiger partial charge on any atom is -0.375 e. The van der Waals surface area contributed by atoms with E-state index in [-0.39, 0.29) is 21.5 Å². The van der Waals surface area contributed by atoms with Crippen LogP contribution in [0.1, 0.15) is 0 Å². The third kappa shape index (κ3) is 4.53. The molecular formula is C22H12F6O6S2. The summed E-state index contributed by atoms with van der Waals surface area (Å²) in [6, 6.07) is 16.1. The molecule has 0 N–H and O–H groups in total. The number of benzene rings is 4. The van der Waals surface area contributed by atoms with Crippen LogP contribution in [-0.4, -0.2) is 27.9 Å². The summed E-state index contributed by atoms with van der Waals surface area (Å²) in [6.07, 6.45) is 0. The SMILES string of the molecule is O=S(=O)(Oc1ccc(-c2ccc(OS(=O)(=O)C(F)(F)F)c3ccccc23)c2ccccc12)C(F)(F)F. The van der Waals surface area contributed by atoms with Gasteiger partial charge in [0.05, 0.1) is 0 Å². The van der Waals surface area contributed by atoms with Crippen LogP contribution in [0.3, 0.4) is 0 Å². The molecule has 4 aromatic rings. The van der Waals surface area contributed by atoms with Crippen molar-refractivity contribution in [2.45, 2.75) is 11.0 Å². The zero-order valence-electron chi connectivity index (χ0n) is 17.5. The summed E-state index contributed by atoms with van der Waals surface area (Å²) in [6.45, 7) is 0. The van der Waals surface area contributed by atoms with Gasteiger partial charge in [0.2, 0.25) is 0 Å². The average molecular weight is 550 g/mol. The Labute approximate surface area is 199 Å². The number of halogens is 6. The first-order chi connectivity index (χ1) is 16.6. The molecule has 190 valence electrons. The van der Waals surface area contributed by atoms with Gasteiger partial charge in [0, 0.05) is 10.8 Å². The van der Waals surface area contributed by atoms with Gasteiger partial charge in [-0.1, -0.05) is 48.5 Å². The Kier molecular flexibility index (Phi) is 6.07. The standard InChI is InChI=1S/C22H12F6O6S2/c23-21(24,25)35(29,30)33-19-11-9-15(13-5-1-3-7-17(13)19)16-10-12-20(18-8-4-2-6-14(16)18)34-36(31,32)22(26,27)28/h1-12H. The van der Waals surface area contributed by atoms with Gasteiger partial charge in [-0.25, -0.2) is 0 Å². The summed E-state index contributed by atoms with van der Waals surface area (Å²) >= 11 is 0. The largest absolute Gasteiger partial charge is 0.534 e. The molecule has 0 radical (unpaired) electrons. The predicted molar refractivity (Wildman–Crippen MR) is 118 cm³/mol. The lowest BCUT2D eigenvalue weighted by molar-refractivity contribution is -0.0504. The second-order valence-corrected chi connectivity index (χ2v) is 10.4. The Balaban J connectivity index is 1.90. The molecule has 6 nitrogen and oxygen atoms in total. The van der Waals surface area contributed by atoms with E-state index in [1.54, 1.807) is 0 Å². The van der Waals surface area contributed by atoms with Gasteiger partial charge in [-0.05, 0) is 46.2 Å². The summed E-state index contributed by atoms with van der Waals surface area (Å²) in [4.78, 5) is 0. The molecule has 0 aliphatic heterocycles. The van der Waals surface area contributed by atoms with Crippen LogP contribution in [0.4, 0.5) is 26.3 Å². The van der Waals surface area contributed by atoms with E-state index in [2.05, 4.69) is 8.37 Å². The van der Waals surface area contributed by atoms with Gasteiger partial charge in [-0.2, -0.15) is 43.2 Å². The summed E-state index contributed by atoms with van der Waals surface area (Å²) < 4.78 is 132. The molecule has 0 atom stereocenters. The zero-order chi connectivity index (χ0) is 26.5. The molecule has 0 aliphatic carbocycles. The Morgan fingerprint density at radius 3 is 1.08 bits per heavy atom. The van der Waals surface area contributed by atoms with Crippen molar-refractivity contribution >= 4 is 41.8 Å². The molecule has 0 bridgehead atoms.